The third-order valence-electron chi connectivity index (χ3n) is 8.55. The van der Waals surface area contributed by atoms with Gasteiger partial charge in [-0.2, -0.15) is 0 Å². The summed E-state index contributed by atoms with van der Waals surface area (Å²) in [6, 6.07) is 13.2. The van der Waals surface area contributed by atoms with Crippen molar-refractivity contribution >= 4 is 23.5 Å². The highest BCUT2D eigenvalue weighted by molar-refractivity contribution is 6.01. The molecule has 1 saturated heterocycles. The van der Waals surface area contributed by atoms with Crippen molar-refractivity contribution in [1.29, 1.82) is 0 Å². The van der Waals surface area contributed by atoms with E-state index in [9.17, 15) is 19.5 Å². The van der Waals surface area contributed by atoms with Crippen molar-refractivity contribution in [2.45, 2.75) is 65.2 Å². The number of amides is 2. The summed E-state index contributed by atoms with van der Waals surface area (Å²) in [5.41, 5.74) is 6.84. The van der Waals surface area contributed by atoms with Gasteiger partial charge in [0, 0.05) is 24.6 Å². The van der Waals surface area contributed by atoms with Crippen molar-refractivity contribution in [2.24, 2.45) is 17.3 Å². The van der Waals surface area contributed by atoms with Gasteiger partial charge in [-0.15, -0.1) is 0 Å². The zero-order valence-corrected chi connectivity index (χ0v) is 24.6. The van der Waals surface area contributed by atoms with Crippen LogP contribution >= 0.6 is 0 Å². The van der Waals surface area contributed by atoms with Gasteiger partial charge in [0.15, 0.2) is 0 Å². The summed E-state index contributed by atoms with van der Waals surface area (Å²) < 4.78 is 11.6. The molecule has 0 radical (unpaired) electrons. The fourth-order valence-electron chi connectivity index (χ4n) is 5.24. The lowest BCUT2D eigenvalue weighted by molar-refractivity contribution is -0.137. The molecular weight excluding hydrogens is 522 g/mol. The number of nitrogens with one attached hydrogen (secondary N) is 2. The molecule has 2 aromatic rings. The van der Waals surface area contributed by atoms with Crippen molar-refractivity contribution < 1.29 is 29.0 Å². The molecule has 1 unspecified atom stereocenters. The molecule has 1 aliphatic heterocycles. The lowest BCUT2D eigenvalue weighted by Gasteiger charge is -2.34. The number of ether oxygens (including phenoxy) is 2. The predicted molar refractivity (Wildman–Crippen MR) is 157 cm³/mol. The monoisotopic (exact) mass is 565 g/mol. The molecule has 4 rings (SSSR count). The van der Waals surface area contributed by atoms with Crippen molar-refractivity contribution in [3.8, 4) is 11.5 Å². The molecule has 2 fully saturated rings. The van der Waals surface area contributed by atoms with Gasteiger partial charge in [-0.05, 0) is 79.7 Å². The first kappa shape index (κ1) is 30.2. The maximum Gasteiger partial charge on any atom is 0.303 e. The van der Waals surface area contributed by atoms with Crippen LogP contribution in [0.1, 0.15) is 81.1 Å². The van der Waals surface area contributed by atoms with Crippen LogP contribution in [0, 0.1) is 17.3 Å². The number of piperidine rings is 1. The van der Waals surface area contributed by atoms with E-state index in [1.807, 2.05) is 51.1 Å². The zero-order chi connectivity index (χ0) is 29.6. The predicted octanol–water partition coefficient (Wildman–Crippen LogP) is 5.16. The molecule has 1 saturated carbocycles. The Morgan fingerprint density at radius 2 is 1.76 bits per heavy atom. The summed E-state index contributed by atoms with van der Waals surface area (Å²) in [5, 5.41) is 9.35. The van der Waals surface area contributed by atoms with Gasteiger partial charge in [0.1, 0.15) is 11.5 Å². The Bertz CT molecular complexity index is 1230. The molecule has 9 heteroatoms. The number of nitrogens with zero attached hydrogens (tertiary/aromatic N) is 1. The number of aliphatic carboxylic acids is 1. The Morgan fingerprint density at radius 1 is 1.02 bits per heavy atom. The Balaban J connectivity index is 1.35. The summed E-state index contributed by atoms with van der Waals surface area (Å²) in [4.78, 5) is 39.1. The van der Waals surface area contributed by atoms with Crippen molar-refractivity contribution in [2.75, 3.05) is 31.7 Å². The van der Waals surface area contributed by atoms with Crippen LogP contribution in [0.5, 0.6) is 11.5 Å². The summed E-state index contributed by atoms with van der Waals surface area (Å²) in [5.74, 6) is 0.911. The van der Waals surface area contributed by atoms with E-state index in [4.69, 9.17) is 9.47 Å². The molecule has 2 aliphatic rings. The highest BCUT2D eigenvalue weighted by atomic mass is 16.5. The zero-order valence-electron chi connectivity index (χ0n) is 24.6. The summed E-state index contributed by atoms with van der Waals surface area (Å²) >= 11 is 0. The van der Waals surface area contributed by atoms with Crippen LogP contribution < -0.4 is 25.2 Å². The Hall–Kier alpha value is -3.75. The number of carbonyl (C=O) groups excluding carboxylic acids is 2. The van der Waals surface area contributed by atoms with E-state index in [2.05, 4.69) is 15.8 Å². The fraction of sp³-hybridized carbons (Fsp3) is 0.531. The first-order chi connectivity index (χ1) is 19.6. The van der Waals surface area contributed by atoms with Crippen LogP contribution in [0.2, 0.25) is 0 Å². The SMILES string of the molecule is CCC(C)(C)C(=O)NNC(=O)c1ccc(OC)cc1N1CCC(COc2cccc(C(CC(=O)O)C3CC3)c2)CC1. The maximum atomic E-state index is 13.1. The van der Waals surface area contributed by atoms with E-state index in [1.165, 1.54) is 0 Å². The lowest BCUT2D eigenvalue weighted by atomic mass is 9.90. The van der Waals surface area contributed by atoms with Crippen molar-refractivity contribution in [3.63, 3.8) is 0 Å². The number of carboxylic acids is 1. The Morgan fingerprint density at radius 3 is 2.39 bits per heavy atom. The maximum absolute atomic E-state index is 13.1. The van der Waals surface area contributed by atoms with Crippen LogP contribution in [0.25, 0.3) is 0 Å². The summed E-state index contributed by atoms with van der Waals surface area (Å²) in [7, 11) is 1.60. The minimum atomic E-state index is -0.762. The topological polar surface area (TPSA) is 117 Å². The molecule has 1 heterocycles. The number of hydrazine groups is 1. The van der Waals surface area contributed by atoms with Gasteiger partial charge < -0.3 is 19.5 Å². The van der Waals surface area contributed by atoms with Gasteiger partial charge in [-0.1, -0.05) is 32.9 Å². The third-order valence-corrected chi connectivity index (χ3v) is 8.55. The molecule has 0 spiro atoms. The Kier molecular flexibility index (Phi) is 9.78. The molecule has 2 aromatic carbocycles. The smallest absolute Gasteiger partial charge is 0.303 e. The first-order valence-electron chi connectivity index (χ1n) is 14.6. The summed E-state index contributed by atoms with van der Waals surface area (Å²) in [6.07, 6.45) is 4.76. The second-order valence-corrected chi connectivity index (χ2v) is 11.9. The van der Waals surface area contributed by atoms with Gasteiger partial charge in [0.05, 0.1) is 31.4 Å². The molecule has 1 aliphatic carbocycles. The van der Waals surface area contributed by atoms with E-state index < -0.39 is 11.4 Å². The van der Waals surface area contributed by atoms with Crippen molar-refractivity contribution in [1.82, 2.24) is 10.9 Å². The standard InChI is InChI=1S/C32H43N3O6/c1-5-32(2,3)31(39)34-33-30(38)26-12-11-24(40-4)18-28(26)35-15-13-21(14-16-35)20-41-25-8-6-7-23(17-25)27(19-29(36)37)22-9-10-22/h6-8,11-12,17-18,21-22,27H,5,9-10,13-16,19-20H2,1-4H3,(H,33,38)(H,34,39)(H,36,37). The van der Waals surface area contributed by atoms with E-state index in [0.29, 0.717) is 36.2 Å². The van der Waals surface area contributed by atoms with E-state index in [-0.39, 0.29) is 24.2 Å². The number of rotatable bonds is 12. The molecule has 2 amide bonds. The van der Waals surface area contributed by atoms with Gasteiger partial charge in [0.2, 0.25) is 5.91 Å². The van der Waals surface area contributed by atoms with Gasteiger partial charge in [0.25, 0.3) is 5.91 Å². The van der Waals surface area contributed by atoms with Crippen LogP contribution in [0.4, 0.5) is 5.69 Å². The first-order valence-corrected chi connectivity index (χ1v) is 14.6. The molecular formula is C32H43N3O6. The second-order valence-electron chi connectivity index (χ2n) is 11.9. The largest absolute Gasteiger partial charge is 0.497 e. The van der Waals surface area contributed by atoms with Crippen molar-refractivity contribution in [3.05, 3.63) is 53.6 Å². The van der Waals surface area contributed by atoms with Crippen LogP contribution in [-0.2, 0) is 9.59 Å². The number of benzene rings is 2. The highest BCUT2D eigenvalue weighted by Gasteiger charge is 2.34. The summed E-state index contributed by atoms with van der Waals surface area (Å²) in [6.45, 7) is 7.68. The number of anilines is 1. The minimum absolute atomic E-state index is 0.0417. The fourth-order valence-corrected chi connectivity index (χ4v) is 5.24. The molecule has 0 bridgehead atoms. The number of methoxy groups -OCH3 is 1. The highest BCUT2D eigenvalue weighted by Crippen LogP contribution is 2.45. The molecule has 222 valence electrons. The second kappa shape index (κ2) is 13.3. The number of hydrogen-bond acceptors (Lipinski definition) is 6. The van der Waals surface area contributed by atoms with Gasteiger partial charge in [-0.3, -0.25) is 25.2 Å². The molecule has 9 nitrogen and oxygen atoms in total. The van der Waals surface area contributed by atoms with Crippen LogP contribution in [0.15, 0.2) is 42.5 Å². The number of carboxylic acid groups (broad SMARTS) is 1. The van der Waals surface area contributed by atoms with Gasteiger partial charge in [-0.25, -0.2) is 0 Å². The lowest BCUT2D eigenvalue weighted by Crippen LogP contribution is -2.47. The van der Waals surface area contributed by atoms with Crippen LogP contribution in [0.3, 0.4) is 0 Å². The normalized spacial score (nSPS) is 16.5. The van der Waals surface area contributed by atoms with E-state index >= 15 is 0 Å². The van der Waals surface area contributed by atoms with E-state index in [1.54, 1.807) is 19.2 Å². The average Bonchev–Trinajstić information content (AvgIpc) is 3.83. The Labute approximate surface area is 242 Å². The quantitative estimate of drug-likeness (QED) is 0.305. The minimum Gasteiger partial charge on any atom is -0.497 e. The van der Waals surface area contributed by atoms with E-state index in [0.717, 1.165) is 55.8 Å². The molecule has 3 N–H and O–H groups in total. The van der Waals surface area contributed by atoms with Crippen LogP contribution in [-0.4, -0.2) is 49.7 Å². The third kappa shape index (κ3) is 7.93. The number of hydrogen-bond donors (Lipinski definition) is 3. The molecule has 0 aromatic heterocycles. The van der Waals surface area contributed by atoms with Gasteiger partial charge >= 0.3 is 5.97 Å². The molecule has 1 atom stereocenters. The number of carbonyl (C=O) groups is 3. The average molecular weight is 566 g/mol. The molecule has 41 heavy (non-hydrogen) atoms.